The molecule has 86 valence electrons. The van der Waals surface area contributed by atoms with Gasteiger partial charge >= 0.3 is 0 Å². The smallest absolute Gasteiger partial charge is 0.277 e. The van der Waals surface area contributed by atoms with Gasteiger partial charge in [-0.15, -0.1) is 0 Å². The summed E-state index contributed by atoms with van der Waals surface area (Å²) >= 11 is 0. The van der Waals surface area contributed by atoms with Crippen LogP contribution in [0, 0.1) is 5.92 Å². The van der Waals surface area contributed by atoms with Crippen LogP contribution in [0.3, 0.4) is 0 Å². The lowest BCUT2D eigenvalue weighted by atomic mass is 10.1. The van der Waals surface area contributed by atoms with E-state index in [0.29, 0.717) is 5.84 Å². The molecule has 0 N–H and O–H groups in total. The Bertz CT molecular complexity index is 406. The second kappa shape index (κ2) is 3.81. The Hall–Kier alpha value is -1.52. The van der Waals surface area contributed by atoms with Crippen molar-refractivity contribution in [2.24, 2.45) is 20.9 Å². The van der Waals surface area contributed by atoms with Crippen LogP contribution >= 0.6 is 0 Å². The Balaban J connectivity index is 2.42. The van der Waals surface area contributed by atoms with Crippen LogP contribution in [0.25, 0.3) is 0 Å². The highest BCUT2D eigenvalue weighted by Gasteiger charge is 2.41. The molecule has 1 unspecified atom stereocenters. The predicted molar refractivity (Wildman–Crippen MR) is 64.0 cm³/mol. The molecule has 0 saturated heterocycles. The van der Waals surface area contributed by atoms with E-state index in [1.54, 1.807) is 0 Å². The lowest BCUT2D eigenvalue weighted by Gasteiger charge is -2.31. The van der Waals surface area contributed by atoms with E-state index in [-0.39, 0.29) is 17.9 Å². The predicted octanol–water partition coefficient (Wildman–Crippen LogP) is 1.10. The molecule has 0 spiro atoms. The highest BCUT2D eigenvalue weighted by molar-refractivity contribution is 6.22. The van der Waals surface area contributed by atoms with Gasteiger partial charge in [-0.05, 0) is 13.8 Å². The normalized spacial score (nSPS) is 24.0. The lowest BCUT2D eigenvalue weighted by molar-refractivity contribution is -0.120. The molecule has 0 bridgehead atoms. The summed E-state index contributed by atoms with van der Waals surface area (Å²) in [6.45, 7) is 8.23. The maximum absolute atomic E-state index is 11.8. The summed E-state index contributed by atoms with van der Waals surface area (Å²) in [6, 6.07) is -0.182. The van der Waals surface area contributed by atoms with E-state index in [2.05, 4.69) is 28.8 Å². The summed E-state index contributed by atoms with van der Waals surface area (Å²) in [5.41, 5.74) is 0. The van der Waals surface area contributed by atoms with Crippen molar-refractivity contribution in [3.63, 3.8) is 0 Å². The zero-order valence-electron chi connectivity index (χ0n) is 10.0. The molecule has 0 aliphatic carbocycles. The standard InChI is InChI=1S/C11H16N4O/c1-6(2)10-14-9-8(15(10)7(3)4)11(16)13-5-12-9/h5-8H,1-4H3. The number of aliphatic imine (C=N–C) groups is 3. The maximum Gasteiger partial charge on any atom is 0.277 e. The Labute approximate surface area is 95.0 Å². The van der Waals surface area contributed by atoms with Gasteiger partial charge in [0.05, 0.1) is 0 Å². The van der Waals surface area contributed by atoms with Crippen molar-refractivity contribution in [1.29, 1.82) is 0 Å². The van der Waals surface area contributed by atoms with Crippen LogP contribution < -0.4 is 0 Å². The highest BCUT2D eigenvalue weighted by atomic mass is 16.2. The molecule has 0 fully saturated rings. The van der Waals surface area contributed by atoms with Crippen LogP contribution in [-0.2, 0) is 4.79 Å². The molecular weight excluding hydrogens is 204 g/mol. The number of nitrogens with zero attached hydrogens (tertiary/aromatic N) is 4. The minimum Gasteiger partial charge on any atom is -0.339 e. The third kappa shape index (κ3) is 1.56. The molecule has 2 aliphatic heterocycles. The second-order valence-electron chi connectivity index (χ2n) is 4.60. The Morgan fingerprint density at radius 3 is 2.56 bits per heavy atom. The zero-order valence-corrected chi connectivity index (χ0v) is 10.0. The average Bonchev–Trinajstić information content (AvgIpc) is 2.58. The first-order valence-corrected chi connectivity index (χ1v) is 5.53. The van der Waals surface area contributed by atoms with Gasteiger partial charge in [0.1, 0.15) is 12.2 Å². The van der Waals surface area contributed by atoms with Crippen molar-refractivity contribution in [3.8, 4) is 0 Å². The summed E-state index contributed by atoms with van der Waals surface area (Å²) in [5.74, 6) is 1.62. The van der Waals surface area contributed by atoms with Gasteiger partial charge in [0.2, 0.25) is 0 Å². The van der Waals surface area contributed by atoms with Crippen molar-refractivity contribution in [1.82, 2.24) is 4.90 Å². The minimum absolute atomic E-state index is 0.168. The van der Waals surface area contributed by atoms with E-state index >= 15 is 0 Å². The highest BCUT2D eigenvalue weighted by Crippen LogP contribution is 2.23. The van der Waals surface area contributed by atoms with Crippen LogP contribution in [0.1, 0.15) is 27.7 Å². The summed E-state index contributed by atoms with van der Waals surface area (Å²) in [5, 5.41) is 0. The zero-order chi connectivity index (χ0) is 11.9. The molecule has 1 amide bonds. The third-order valence-corrected chi connectivity index (χ3v) is 2.70. The minimum atomic E-state index is -0.401. The van der Waals surface area contributed by atoms with Crippen molar-refractivity contribution in [2.45, 2.75) is 39.8 Å². The van der Waals surface area contributed by atoms with Crippen LogP contribution in [-0.4, -0.2) is 40.9 Å². The van der Waals surface area contributed by atoms with Gasteiger partial charge in [-0.2, -0.15) is 4.99 Å². The molecule has 0 aromatic heterocycles. The number of hydrogen-bond donors (Lipinski definition) is 0. The molecule has 2 heterocycles. The van der Waals surface area contributed by atoms with Crippen LogP contribution in [0.2, 0.25) is 0 Å². The number of carbonyl (C=O) groups is 1. The lowest BCUT2D eigenvalue weighted by Crippen LogP contribution is -2.49. The fraction of sp³-hybridized carbons (Fsp3) is 0.636. The molecular formula is C11H16N4O. The molecule has 1 atom stereocenters. The third-order valence-electron chi connectivity index (χ3n) is 2.70. The van der Waals surface area contributed by atoms with E-state index in [1.165, 1.54) is 6.34 Å². The molecule has 2 aliphatic rings. The van der Waals surface area contributed by atoms with Crippen molar-refractivity contribution >= 4 is 23.9 Å². The van der Waals surface area contributed by atoms with Gasteiger partial charge in [0.25, 0.3) is 5.91 Å². The number of amidine groups is 2. The molecule has 5 heteroatoms. The summed E-state index contributed by atoms with van der Waals surface area (Å²) in [4.78, 5) is 26.0. The number of rotatable bonds is 2. The van der Waals surface area contributed by atoms with Gasteiger partial charge in [0.15, 0.2) is 11.9 Å². The fourth-order valence-corrected chi connectivity index (χ4v) is 2.03. The van der Waals surface area contributed by atoms with Gasteiger partial charge in [0, 0.05) is 12.0 Å². The molecule has 0 radical (unpaired) electrons. The number of hydrogen-bond acceptors (Lipinski definition) is 4. The van der Waals surface area contributed by atoms with E-state index in [1.807, 2.05) is 18.7 Å². The largest absolute Gasteiger partial charge is 0.339 e. The fourth-order valence-electron chi connectivity index (χ4n) is 2.03. The summed E-state index contributed by atoms with van der Waals surface area (Å²) < 4.78 is 0. The quantitative estimate of drug-likeness (QED) is 0.699. The monoisotopic (exact) mass is 220 g/mol. The van der Waals surface area contributed by atoms with Gasteiger partial charge in [-0.1, -0.05) is 13.8 Å². The second-order valence-corrected chi connectivity index (χ2v) is 4.60. The van der Waals surface area contributed by atoms with Crippen LogP contribution in [0.5, 0.6) is 0 Å². The molecule has 5 nitrogen and oxygen atoms in total. The van der Waals surface area contributed by atoms with Crippen molar-refractivity contribution < 1.29 is 4.79 Å². The Kier molecular flexibility index (Phi) is 2.61. The van der Waals surface area contributed by atoms with E-state index in [4.69, 9.17) is 0 Å². The summed E-state index contributed by atoms with van der Waals surface area (Å²) in [6.07, 6.45) is 1.29. The van der Waals surface area contributed by atoms with Crippen LogP contribution in [0.15, 0.2) is 15.0 Å². The van der Waals surface area contributed by atoms with Gasteiger partial charge in [-0.25, -0.2) is 9.98 Å². The first-order chi connectivity index (χ1) is 7.52. The summed E-state index contributed by atoms with van der Waals surface area (Å²) in [7, 11) is 0. The number of amides is 1. The van der Waals surface area contributed by atoms with Gasteiger partial charge < -0.3 is 4.90 Å². The molecule has 2 rings (SSSR count). The SMILES string of the molecule is CC(C)C1=NC2=NC=NC(=O)C2N1C(C)C. The van der Waals surface area contributed by atoms with E-state index < -0.39 is 6.04 Å². The average molecular weight is 220 g/mol. The van der Waals surface area contributed by atoms with Crippen molar-refractivity contribution in [2.75, 3.05) is 0 Å². The Morgan fingerprint density at radius 1 is 1.31 bits per heavy atom. The number of carbonyl (C=O) groups excluding carboxylic acids is 1. The maximum atomic E-state index is 11.8. The number of fused-ring (bicyclic) bond motifs is 1. The van der Waals surface area contributed by atoms with Crippen molar-refractivity contribution in [3.05, 3.63) is 0 Å². The first-order valence-electron chi connectivity index (χ1n) is 5.53. The van der Waals surface area contributed by atoms with Crippen LogP contribution in [0.4, 0.5) is 0 Å². The topological polar surface area (TPSA) is 57.4 Å². The van der Waals surface area contributed by atoms with Gasteiger partial charge in [-0.3, -0.25) is 4.79 Å². The molecule has 0 aromatic carbocycles. The molecule has 0 saturated carbocycles. The molecule has 16 heavy (non-hydrogen) atoms. The molecule has 0 aromatic rings. The van der Waals surface area contributed by atoms with E-state index in [0.717, 1.165) is 5.84 Å². The Morgan fingerprint density at radius 2 is 2.00 bits per heavy atom. The van der Waals surface area contributed by atoms with E-state index in [9.17, 15) is 4.79 Å². The first kappa shape index (κ1) is 11.0.